The number of hydrogen-bond acceptors (Lipinski definition) is 4. The standard InChI is InChI=1S/C23H28N2O2S/c1-16(2)19-11-10-17(3)14-21(19)27-15-22(26)25-12-7-13-28-23(25)24-20-9-6-5-8-18(20)4/h5-6,8-11,14,16H,7,12-13,15H2,1-4H3. The normalized spacial score (nSPS) is 15.9. The van der Waals surface area contributed by atoms with Crippen LogP contribution in [0.3, 0.4) is 0 Å². The summed E-state index contributed by atoms with van der Waals surface area (Å²) in [4.78, 5) is 19.5. The van der Waals surface area contributed by atoms with Gasteiger partial charge in [0.2, 0.25) is 0 Å². The second-order valence-electron chi connectivity index (χ2n) is 7.41. The van der Waals surface area contributed by atoms with E-state index in [4.69, 9.17) is 9.73 Å². The minimum absolute atomic E-state index is 0.0243. The summed E-state index contributed by atoms with van der Waals surface area (Å²) < 4.78 is 5.96. The lowest BCUT2D eigenvalue weighted by Gasteiger charge is -2.28. The largest absolute Gasteiger partial charge is 0.483 e. The van der Waals surface area contributed by atoms with E-state index in [0.29, 0.717) is 12.5 Å². The highest BCUT2D eigenvalue weighted by atomic mass is 32.2. The number of carbonyl (C=O) groups excluding carboxylic acids is 1. The summed E-state index contributed by atoms with van der Waals surface area (Å²) in [5.74, 6) is 2.07. The fourth-order valence-corrected chi connectivity index (χ4v) is 4.10. The van der Waals surface area contributed by atoms with Gasteiger partial charge in [-0.15, -0.1) is 0 Å². The summed E-state index contributed by atoms with van der Waals surface area (Å²) >= 11 is 1.63. The van der Waals surface area contributed by atoms with E-state index in [1.54, 1.807) is 16.7 Å². The molecule has 0 N–H and O–H groups in total. The number of benzene rings is 2. The van der Waals surface area contributed by atoms with Crippen molar-refractivity contribution in [3.63, 3.8) is 0 Å². The zero-order valence-corrected chi connectivity index (χ0v) is 17.9. The van der Waals surface area contributed by atoms with Gasteiger partial charge in [-0.2, -0.15) is 0 Å². The predicted octanol–water partition coefficient (Wildman–Crippen LogP) is 5.46. The van der Waals surface area contributed by atoms with Crippen molar-refractivity contribution in [2.24, 2.45) is 4.99 Å². The third kappa shape index (κ3) is 4.96. The Morgan fingerprint density at radius 3 is 2.75 bits per heavy atom. The number of ether oxygens (including phenoxy) is 1. The minimum atomic E-state index is -0.0456. The average Bonchev–Trinajstić information content (AvgIpc) is 2.68. The van der Waals surface area contributed by atoms with Gasteiger partial charge in [-0.1, -0.05) is 55.9 Å². The molecule has 5 heteroatoms. The van der Waals surface area contributed by atoms with Crippen LogP contribution in [-0.2, 0) is 4.79 Å². The van der Waals surface area contributed by atoms with Crippen molar-refractivity contribution in [2.45, 2.75) is 40.0 Å². The lowest BCUT2D eigenvalue weighted by atomic mass is 10.0. The van der Waals surface area contributed by atoms with Crippen LogP contribution in [-0.4, -0.2) is 34.9 Å². The number of thioether (sulfide) groups is 1. The number of carbonyl (C=O) groups is 1. The molecule has 0 aromatic heterocycles. The van der Waals surface area contributed by atoms with Crippen LogP contribution >= 0.6 is 11.8 Å². The Labute approximate surface area is 172 Å². The van der Waals surface area contributed by atoms with E-state index in [1.807, 2.05) is 44.2 Å². The topological polar surface area (TPSA) is 41.9 Å². The van der Waals surface area contributed by atoms with Gasteiger partial charge >= 0.3 is 0 Å². The Balaban J connectivity index is 1.76. The van der Waals surface area contributed by atoms with Gasteiger partial charge in [-0.3, -0.25) is 9.69 Å². The molecule has 0 unspecified atom stereocenters. The fraction of sp³-hybridized carbons (Fsp3) is 0.391. The third-order valence-electron chi connectivity index (χ3n) is 4.76. The molecule has 1 heterocycles. The molecule has 0 saturated carbocycles. The molecule has 0 aliphatic carbocycles. The highest BCUT2D eigenvalue weighted by Crippen LogP contribution is 2.28. The number of rotatable bonds is 5. The maximum Gasteiger partial charge on any atom is 0.266 e. The molecular formula is C23H28N2O2S. The summed E-state index contributed by atoms with van der Waals surface area (Å²) in [6.07, 6.45) is 0.963. The monoisotopic (exact) mass is 396 g/mol. The molecule has 148 valence electrons. The van der Waals surface area contributed by atoms with Crippen LogP contribution in [0.25, 0.3) is 0 Å². The first-order valence-corrected chi connectivity index (χ1v) is 10.7. The molecule has 3 rings (SSSR count). The summed E-state index contributed by atoms with van der Waals surface area (Å²) in [6, 6.07) is 14.2. The molecule has 0 atom stereocenters. The van der Waals surface area contributed by atoms with Gasteiger partial charge in [0, 0.05) is 12.3 Å². The SMILES string of the molecule is Cc1ccc(C(C)C)c(OCC(=O)N2CCCSC2=Nc2ccccc2C)c1. The van der Waals surface area contributed by atoms with E-state index in [1.165, 1.54) is 0 Å². The number of aryl methyl sites for hydroxylation is 2. The zero-order chi connectivity index (χ0) is 20.1. The minimum Gasteiger partial charge on any atom is -0.483 e. The van der Waals surface area contributed by atoms with Crippen molar-refractivity contribution in [3.05, 3.63) is 59.2 Å². The quantitative estimate of drug-likeness (QED) is 0.674. The number of nitrogens with zero attached hydrogens (tertiary/aromatic N) is 2. The summed E-state index contributed by atoms with van der Waals surface area (Å²) in [5, 5.41) is 0.766. The molecule has 28 heavy (non-hydrogen) atoms. The van der Waals surface area contributed by atoms with Crippen LogP contribution in [0, 0.1) is 13.8 Å². The van der Waals surface area contributed by atoms with Crippen molar-refractivity contribution >= 4 is 28.5 Å². The lowest BCUT2D eigenvalue weighted by Crippen LogP contribution is -2.41. The van der Waals surface area contributed by atoms with Crippen LogP contribution in [0.1, 0.15) is 42.9 Å². The van der Waals surface area contributed by atoms with Gasteiger partial charge in [0.1, 0.15) is 5.75 Å². The van der Waals surface area contributed by atoms with E-state index in [0.717, 1.165) is 45.5 Å². The van der Waals surface area contributed by atoms with E-state index in [2.05, 4.69) is 26.0 Å². The first-order valence-electron chi connectivity index (χ1n) is 9.76. The average molecular weight is 397 g/mol. The Hall–Kier alpha value is -2.27. The maximum atomic E-state index is 12.9. The Morgan fingerprint density at radius 2 is 2.00 bits per heavy atom. The number of aliphatic imine (C=N–C) groups is 1. The van der Waals surface area contributed by atoms with Crippen molar-refractivity contribution < 1.29 is 9.53 Å². The molecule has 2 aromatic rings. The van der Waals surface area contributed by atoms with Crippen molar-refractivity contribution in [3.8, 4) is 5.75 Å². The smallest absolute Gasteiger partial charge is 0.266 e. The molecule has 2 aromatic carbocycles. The molecular weight excluding hydrogens is 368 g/mol. The van der Waals surface area contributed by atoms with Crippen LogP contribution in [0.4, 0.5) is 5.69 Å². The first-order chi connectivity index (χ1) is 13.5. The van der Waals surface area contributed by atoms with Crippen molar-refractivity contribution in [2.75, 3.05) is 18.9 Å². The highest BCUT2D eigenvalue weighted by molar-refractivity contribution is 8.13. The summed E-state index contributed by atoms with van der Waals surface area (Å²) in [5.41, 5.74) is 4.26. The Kier molecular flexibility index (Phi) is 6.79. The molecule has 1 aliphatic heterocycles. The molecule has 4 nitrogen and oxygen atoms in total. The maximum absolute atomic E-state index is 12.9. The third-order valence-corrected chi connectivity index (χ3v) is 5.83. The number of amides is 1. The predicted molar refractivity (Wildman–Crippen MR) is 118 cm³/mol. The zero-order valence-electron chi connectivity index (χ0n) is 17.1. The van der Waals surface area contributed by atoms with Gasteiger partial charge in [-0.25, -0.2) is 4.99 Å². The van der Waals surface area contributed by atoms with E-state index in [9.17, 15) is 4.79 Å². The first kappa shape index (κ1) is 20.5. The fourth-order valence-electron chi connectivity index (χ4n) is 3.14. The molecule has 0 spiro atoms. The molecule has 0 bridgehead atoms. The van der Waals surface area contributed by atoms with Crippen LogP contribution in [0.15, 0.2) is 47.5 Å². The molecule has 1 aliphatic rings. The second kappa shape index (κ2) is 9.28. The Morgan fingerprint density at radius 1 is 1.21 bits per heavy atom. The van der Waals surface area contributed by atoms with Crippen molar-refractivity contribution in [1.82, 2.24) is 4.90 Å². The Bertz CT molecular complexity index is 877. The summed E-state index contributed by atoms with van der Waals surface area (Å²) in [6.45, 7) is 9.04. The van der Waals surface area contributed by atoms with Crippen LogP contribution < -0.4 is 4.74 Å². The van der Waals surface area contributed by atoms with Gasteiger partial charge in [0.05, 0.1) is 5.69 Å². The van der Waals surface area contributed by atoms with E-state index >= 15 is 0 Å². The van der Waals surface area contributed by atoms with Gasteiger partial charge in [0.15, 0.2) is 11.8 Å². The van der Waals surface area contributed by atoms with Crippen LogP contribution in [0.2, 0.25) is 0 Å². The van der Waals surface area contributed by atoms with E-state index < -0.39 is 0 Å². The van der Waals surface area contributed by atoms with Crippen molar-refractivity contribution in [1.29, 1.82) is 0 Å². The van der Waals surface area contributed by atoms with Gasteiger partial charge in [-0.05, 0) is 55.0 Å². The van der Waals surface area contributed by atoms with Crippen LogP contribution in [0.5, 0.6) is 5.75 Å². The molecule has 1 amide bonds. The number of hydrogen-bond donors (Lipinski definition) is 0. The molecule has 0 radical (unpaired) electrons. The molecule has 1 saturated heterocycles. The van der Waals surface area contributed by atoms with E-state index in [-0.39, 0.29) is 12.5 Å². The highest BCUT2D eigenvalue weighted by Gasteiger charge is 2.24. The van der Waals surface area contributed by atoms with Gasteiger partial charge < -0.3 is 4.74 Å². The number of para-hydroxylation sites is 1. The summed E-state index contributed by atoms with van der Waals surface area (Å²) in [7, 11) is 0. The molecule has 1 fully saturated rings. The van der Waals surface area contributed by atoms with Gasteiger partial charge in [0.25, 0.3) is 5.91 Å². The number of amidine groups is 1. The lowest BCUT2D eigenvalue weighted by molar-refractivity contribution is -0.129. The second-order valence-corrected chi connectivity index (χ2v) is 8.47.